The number of fused-ring (bicyclic) bond motifs is 3. The van der Waals surface area contributed by atoms with Gasteiger partial charge in [0.15, 0.2) is 11.6 Å². The van der Waals surface area contributed by atoms with Crippen LogP contribution in [0.2, 0.25) is 10.0 Å². The van der Waals surface area contributed by atoms with Gasteiger partial charge in [-0.1, -0.05) is 53.5 Å². The Morgan fingerprint density at radius 1 is 0.958 bits per heavy atom. The summed E-state index contributed by atoms with van der Waals surface area (Å²) in [5.74, 6) is 1.35. The summed E-state index contributed by atoms with van der Waals surface area (Å²) < 4.78 is 1.89. The third kappa shape index (κ3) is 2.33. The molecule has 24 heavy (non-hydrogen) atoms. The zero-order valence-corrected chi connectivity index (χ0v) is 14.1. The molecule has 0 atom stereocenters. The van der Waals surface area contributed by atoms with Crippen LogP contribution in [0.4, 0.5) is 0 Å². The summed E-state index contributed by atoms with van der Waals surface area (Å²) in [5, 5.41) is 9.59. The van der Waals surface area contributed by atoms with E-state index in [1.165, 1.54) is 0 Å². The molecule has 7 heteroatoms. The minimum absolute atomic E-state index is 0.263. The van der Waals surface area contributed by atoms with E-state index in [1.54, 1.807) is 0 Å². The number of aromatic nitrogens is 3. The van der Waals surface area contributed by atoms with E-state index in [-0.39, 0.29) is 6.54 Å². The number of rotatable bonds is 2. The maximum atomic E-state index is 6.52. The number of nitrogens with zero attached hydrogens (tertiary/aromatic N) is 4. The van der Waals surface area contributed by atoms with Crippen LogP contribution in [0.15, 0.2) is 47.5 Å². The summed E-state index contributed by atoms with van der Waals surface area (Å²) in [5.41, 5.74) is 9.13. The first kappa shape index (κ1) is 15.3. The zero-order chi connectivity index (χ0) is 16.7. The Labute approximate surface area is 148 Å². The third-order valence-electron chi connectivity index (χ3n) is 3.95. The molecule has 0 fully saturated rings. The lowest BCUT2D eigenvalue weighted by atomic mass is 10.0. The fraction of sp³-hybridized carbons (Fsp3) is 0.118. The molecule has 0 bridgehead atoms. The molecule has 4 rings (SSSR count). The largest absolute Gasteiger partial charge is 0.324 e. The second-order valence-electron chi connectivity index (χ2n) is 5.35. The molecule has 0 aliphatic carbocycles. The van der Waals surface area contributed by atoms with Gasteiger partial charge in [0, 0.05) is 16.1 Å². The van der Waals surface area contributed by atoms with Crippen molar-refractivity contribution in [3.8, 4) is 5.69 Å². The summed E-state index contributed by atoms with van der Waals surface area (Å²) in [6.45, 7) is 0.637. The van der Waals surface area contributed by atoms with E-state index in [4.69, 9.17) is 33.9 Å². The average Bonchev–Trinajstić information content (AvgIpc) is 2.91. The van der Waals surface area contributed by atoms with Gasteiger partial charge in [-0.25, -0.2) is 0 Å². The van der Waals surface area contributed by atoms with Crippen molar-refractivity contribution in [1.29, 1.82) is 0 Å². The zero-order valence-electron chi connectivity index (χ0n) is 12.6. The van der Waals surface area contributed by atoms with E-state index in [9.17, 15) is 0 Å². The minimum Gasteiger partial charge on any atom is -0.324 e. The normalized spacial score (nSPS) is 13.0. The molecule has 2 heterocycles. The van der Waals surface area contributed by atoms with Gasteiger partial charge in [0.25, 0.3) is 0 Å². The Bertz CT molecular complexity index is 961. The summed E-state index contributed by atoms with van der Waals surface area (Å²) in [7, 11) is 0. The fourth-order valence-corrected chi connectivity index (χ4v) is 3.38. The van der Waals surface area contributed by atoms with Crippen molar-refractivity contribution in [2.45, 2.75) is 13.1 Å². The Hall–Kier alpha value is -2.21. The van der Waals surface area contributed by atoms with Crippen molar-refractivity contribution in [3.05, 3.63) is 75.3 Å². The monoisotopic (exact) mass is 357 g/mol. The number of halogens is 2. The Morgan fingerprint density at radius 2 is 1.71 bits per heavy atom. The van der Waals surface area contributed by atoms with Crippen LogP contribution < -0.4 is 5.73 Å². The molecule has 0 spiro atoms. The molecule has 2 aromatic carbocycles. The number of nitrogens with two attached hydrogens (primary N) is 1. The van der Waals surface area contributed by atoms with Crippen LogP contribution in [0.5, 0.6) is 0 Å². The van der Waals surface area contributed by atoms with E-state index in [2.05, 4.69) is 10.2 Å². The molecule has 120 valence electrons. The second-order valence-corrected chi connectivity index (χ2v) is 6.17. The molecule has 0 amide bonds. The van der Waals surface area contributed by atoms with Crippen LogP contribution in [0.25, 0.3) is 5.69 Å². The van der Waals surface area contributed by atoms with Gasteiger partial charge in [-0.2, -0.15) is 0 Å². The molecule has 1 aliphatic rings. The van der Waals surface area contributed by atoms with Crippen LogP contribution in [0, 0.1) is 0 Å². The van der Waals surface area contributed by atoms with E-state index in [0.717, 1.165) is 22.5 Å². The van der Waals surface area contributed by atoms with Crippen LogP contribution in [-0.4, -0.2) is 20.5 Å². The van der Waals surface area contributed by atoms with Gasteiger partial charge in [0.05, 0.1) is 23.0 Å². The molecule has 1 aromatic heterocycles. The summed E-state index contributed by atoms with van der Waals surface area (Å²) in [6, 6.07) is 13.3. The highest BCUT2D eigenvalue weighted by Gasteiger charge is 2.25. The molecule has 2 N–H and O–H groups in total. The number of para-hydroxylation sites is 1. The van der Waals surface area contributed by atoms with Gasteiger partial charge in [0.2, 0.25) is 0 Å². The van der Waals surface area contributed by atoms with Gasteiger partial charge in [0.1, 0.15) is 6.54 Å². The Kier molecular flexibility index (Phi) is 3.84. The van der Waals surface area contributed by atoms with Crippen molar-refractivity contribution in [2.75, 3.05) is 0 Å². The maximum absolute atomic E-state index is 6.52. The lowest BCUT2D eigenvalue weighted by molar-refractivity contribution is 0.828. The van der Waals surface area contributed by atoms with Crippen molar-refractivity contribution in [1.82, 2.24) is 14.8 Å². The van der Waals surface area contributed by atoms with Gasteiger partial charge < -0.3 is 5.73 Å². The summed E-state index contributed by atoms with van der Waals surface area (Å²) >= 11 is 12.9. The fourth-order valence-electron chi connectivity index (χ4n) is 2.90. The van der Waals surface area contributed by atoms with Gasteiger partial charge in [-0.05, 0) is 12.1 Å². The number of hydrogen-bond acceptors (Lipinski definition) is 4. The van der Waals surface area contributed by atoms with Crippen molar-refractivity contribution < 1.29 is 0 Å². The van der Waals surface area contributed by atoms with Crippen LogP contribution in [0.1, 0.15) is 22.8 Å². The van der Waals surface area contributed by atoms with Gasteiger partial charge in [-0.3, -0.25) is 9.56 Å². The van der Waals surface area contributed by atoms with E-state index in [1.807, 2.05) is 47.0 Å². The average molecular weight is 358 g/mol. The number of aliphatic imine (C=N–C) groups is 1. The maximum Gasteiger partial charge on any atom is 0.159 e. The first-order chi connectivity index (χ1) is 11.7. The molecule has 5 nitrogen and oxygen atoms in total. The third-order valence-corrected chi connectivity index (χ3v) is 4.59. The second kappa shape index (κ2) is 6.02. The molecule has 3 aromatic rings. The molecule has 1 aliphatic heterocycles. The predicted molar refractivity (Wildman–Crippen MR) is 95.1 cm³/mol. The lowest BCUT2D eigenvalue weighted by Gasteiger charge is -2.15. The Morgan fingerprint density at radius 3 is 2.50 bits per heavy atom. The smallest absolute Gasteiger partial charge is 0.159 e. The van der Waals surface area contributed by atoms with Gasteiger partial charge >= 0.3 is 0 Å². The molecular formula is C17H13Cl2N5. The summed E-state index contributed by atoms with van der Waals surface area (Å²) in [4.78, 5) is 4.74. The van der Waals surface area contributed by atoms with Crippen LogP contribution in [-0.2, 0) is 13.1 Å². The predicted octanol–water partition coefficient (Wildman–Crippen LogP) is 3.38. The SMILES string of the molecule is NCc1nnc2n1-c1c(Cl)cccc1C(c1ccccc1Cl)=NC2. The first-order valence-electron chi connectivity index (χ1n) is 7.42. The highest BCUT2D eigenvalue weighted by atomic mass is 35.5. The summed E-state index contributed by atoms with van der Waals surface area (Å²) in [6.07, 6.45) is 0. The first-order valence-corrected chi connectivity index (χ1v) is 8.18. The molecule has 0 radical (unpaired) electrons. The number of hydrogen-bond donors (Lipinski definition) is 1. The topological polar surface area (TPSA) is 69.1 Å². The molecule has 0 saturated carbocycles. The highest BCUT2D eigenvalue weighted by Crippen LogP contribution is 2.32. The van der Waals surface area contributed by atoms with Crippen molar-refractivity contribution in [3.63, 3.8) is 0 Å². The van der Waals surface area contributed by atoms with E-state index < -0.39 is 0 Å². The highest BCUT2D eigenvalue weighted by molar-refractivity contribution is 6.37. The standard InChI is InChI=1S/C17H13Cl2N5/c18-12-6-2-1-4-10(12)16-11-5-3-7-13(19)17(11)24-14(8-20)22-23-15(24)9-21-16/h1-7H,8-9,20H2. The van der Waals surface area contributed by atoms with Crippen LogP contribution >= 0.6 is 23.2 Å². The quantitative estimate of drug-likeness (QED) is 0.764. The van der Waals surface area contributed by atoms with Crippen molar-refractivity contribution >= 4 is 28.9 Å². The molecular weight excluding hydrogens is 345 g/mol. The Balaban J connectivity index is 2.03. The van der Waals surface area contributed by atoms with Crippen molar-refractivity contribution in [2.24, 2.45) is 10.7 Å². The molecule has 0 saturated heterocycles. The van der Waals surface area contributed by atoms with Crippen LogP contribution in [0.3, 0.4) is 0 Å². The minimum atomic E-state index is 0.263. The molecule has 0 unspecified atom stereocenters. The van der Waals surface area contributed by atoms with Gasteiger partial charge in [-0.15, -0.1) is 10.2 Å². The lowest BCUT2D eigenvalue weighted by Crippen LogP contribution is -2.12. The van der Waals surface area contributed by atoms with E-state index >= 15 is 0 Å². The number of benzene rings is 2. The van der Waals surface area contributed by atoms with E-state index in [0.29, 0.717) is 28.2 Å².